The highest BCUT2D eigenvalue weighted by atomic mass is 16.5. The van der Waals surface area contributed by atoms with Gasteiger partial charge in [-0.2, -0.15) is 0 Å². The topological polar surface area (TPSA) is 48.1 Å². The van der Waals surface area contributed by atoms with Crippen molar-refractivity contribution in [2.45, 2.75) is 63.6 Å². The molecule has 3 aliphatic rings. The minimum absolute atomic E-state index is 0.0289. The molecule has 4 rings (SSSR count). The third-order valence-corrected chi connectivity index (χ3v) is 7.56. The molecule has 2 amide bonds. The van der Waals surface area contributed by atoms with Gasteiger partial charge in [0.1, 0.15) is 0 Å². The Bertz CT molecular complexity index is 695. The smallest absolute Gasteiger partial charge is 0.317 e. The van der Waals surface area contributed by atoms with Gasteiger partial charge in [0.05, 0.1) is 5.60 Å². The van der Waals surface area contributed by atoms with Crippen molar-refractivity contribution in [3.63, 3.8) is 0 Å². The van der Waals surface area contributed by atoms with Crippen LogP contribution in [0.4, 0.5) is 4.79 Å². The van der Waals surface area contributed by atoms with Gasteiger partial charge in [0.15, 0.2) is 0 Å². The summed E-state index contributed by atoms with van der Waals surface area (Å²) in [6.07, 6.45) is 5.06. The largest absolute Gasteiger partial charge is 0.375 e. The number of benzene rings is 1. The third kappa shape index (κ3) is 5.79. The van der Waals surface area contributed by atoms with E-state index in [4.69, 9.17) is 4.74 Å². The second kappa shape index (κ2) is 10.3. The Labute approximate surface area is 187 Å². The van der Waals surface area contributed by atoms with E-state index >= 15 is 0 Å². The van der Waals surface area contributed by atoms with Gasteiger partial charge in [-0.05, 0) is 51.5 Å². The van der Waals surface area contributed by atoms with Crippen molar-refractivity contribution in [1.29, 1.82) is 0 Å². The molecule has 0 bridgehead atoms. The minimum atomic E-state index is -0.0289. The van der Waals surface area contributed by atoms with Crippen molar-refractivity contribution in [1.82, 2.24) is 20.0 Å². The first kappa shape index (κ1) is 22.6. The van der Waals surface area contributed by atoms with Gasteiger partial charge in [0.25, 0.3) is 0 Å². The van der Waals surface area contributed by atoms with Crippen LogP contribution < -0.4 is 5.32 Å². The summed E-state index contributed by atoms with van der Waals surface area (Å²) in [5, 5.41) is 3.10. The zero-order chi connectivity index (χ0) is 21.7. The molecule has 3 saturated heterocycles. The zero-order valence-corrected chi connectivity index (χ0v) is 19.4. The summed E-state index contributed by atoms with van der Waals surface area (Å²) < 4.78 is 6.36. The highest BCUT2D eigenvalue weighted by Gasteiger charge is 2.43. The van der Waals surface area contributed by atoms with Crippen LogP contribution in [-0.2, 0) is 11.2 Å². The Kier molecular flexibility index (Phi) is 7.51. The van der Waals surface area contributed by atoms with E-state index in [2.05, 4.69) is 41.1 Å². The molecule has 0 saturated carbocycles. The van der Waals surface area contributed by atoms with Gasteiger partial charge in [-0.25, -0.2) is 4.79 Å². The minimum Gasteiger partial charge on any atom is -0.375 e. The molecule has 0 radical (unpaired) electrons. The molecular weight excluding hydrogens is 388 g/mol. The average molecular weight is 429 g/mol. The molecule has 172 valence electrons. The van der Waals surface area contributed by atoms with Crippen LogP contribution in [0.1, 0.15) is 45.1 Å². The standard InChI is InChI=1S/C25H40N4O2/c1-21(2)27-15-17-28(18-16-27)23-9-19-31-25(20-23)10-13-29(14-11-25)24(30)26-12-8-22-6-4-3-5-7-22/h3-7,21,23H,8-20H2,1-2H3,(H,26,30). The molecule has 6 heteroatoms. The van der Waals surface area contributed by atoms with Gasteiger partial charge in [-0.3, -0.25) is 9.80 Å². The van der Waals surface area contributed by atoms with E-state index in [0.717, 1.165) is 51.8 Å². The SMILES string of the molecule is CC(C)N1CCN(C2CCOC3(CCN(C(=O)NCCc4ccccc4)CC3)C2)CC1. The van der Waals surface area contributed by atoms with Crippen LogP contribution in [0.15, 0.2) is 30.3 Å². The number of carbonyl (C=O) groups is 1. The number of hydrogen-bond donors (Lipinski definition) is 1. The molecule has 3 heterocycles. The number of ether oxygens (including phenoxy) is 1. The van der Waals surface area contributed by atoms with Gasteiger partial charge < -0.3 is 15.0 Å². The molecule has 1 aromatic rings. The number of urea groups is 1. The van der Waals surface area contributed by atoms with Crippen LogP contribution in [0.25, 0.3) is 0 Å². The second-order valence-electron chi connectivity index (χ2n) is 9.80. The highest BCUT2D eigenvalue weighted by molar-refractivity contribution is 5.74. The average Bonchev–Trinajstić information content (AvgIpc) is 2.80. The summed E-state index contributed by atoms with van der Waals surface area (Å²) in [6.45, 7) is 12.4. The molecule has 6 nitrogen and oxygen atoms in total. The second-order valence-corrected chi connectivity index (χ2v) is 9.80. The lowest BCUT2D eigenvalue weighted by molar-refractivity contribution is -0.132. The number of likely N-dealkylation sites (tertiary alicyclic amines) is 1. The molecule has 1 N–H and O–H groups in total. The number of nitrogens with one attached hydrogen (secondary N) is 1. The zero-order valence-electron chi connectivity index (χ0n) is 19.4. The number of piperidine rings is 1. The monoisotopic (exact) mass is 428 g/mol. The van der Waals surface area contributed by atoms with Crippen molar-refractivity contribution in [3.05, 3.63) is 35.9 Å². The maximum Gasteiger partial charge on any atom is 0.317 e. The Hall–Kier alpha value is -1.63. The molecule has 3 fully saturated rings. The van der Waals surface area contributed by atoms with E-state index in [1.165, 1.54) is 31.7 Å². The van der Waals surface area contributed by atoms with Crippen molar-refractivity contribution in [2.24, 2.45) is 0 Å². The van der Waals surface area contributed by atoms with Crippen molar-refractivity contribution < 1.29 is 9.53 Å². The van der Waals surface area contributed by atoms with Crippen LogP contribution in [-0.4, -0.2) is 90.8 Å². The molecule has 1 unspecified atom stereocenters. The molecule has 0 aliphatic carbocycles. The first-order chi connectivity index (χ1) is 15.0. The number of piperazine rings is 1. The number of carbonyl (C=O) groups excluding carboxylic acids is 1. The van der Waals surface area contributed by atoms with Gasteiger partial charge in [0, 0.05) is 64.5 Å². The molecule has 3 aliphatic heterocycles. The Balaban J connectivity index is 1.21. The summed E-state index contributed by atoms with van der Waals surface area (Å²) in [5.74, 6) is 0. The number of rotatable bonds is 5. The predicted octanol–water partition coefficient (Wildman–Crippen LogP) is 2.98. The van der Waals surface area contributed by atoms with E-state index < -0.39 is 0 Å². The Morgan fingerprint density at radius 1 is 1.10 bits per heavy atom. The van der Waals surface area contributed by atoms with Crippen LogP contribution >= 0.6 is 0 Å². The number of amides is 2. The molecular formula is C25H40N4O2. The van der Waals surface area contributed by atoms with Crippen LogP contribution in [0.3, 0.4) is 0 Å². The molecule has 1 spiro atoms. The molecule has 1 atom stereocenters. The first-order valence-corrected chi connectivity index (χ1v) is 12.2. The van der Waals surface area contributed by atoms with Crippen LogP contribution in [0.5, 0.6) is 0 Å². The summed E-state index contributed by atoms with van der Waals surface area (Å²) in [5.41, 5.74) is 1.23. The van der Waals surface area contributed by atoms with Gasteiger partial charge in [0.2, 0.25) is 0 Å². The first-order valence-electron chi connectivity index (χ1n) is 12.2. The fourth-order valence-corrected chi connectivity index (χ4v) is 5.47. The van der Waals surface area contributed by atoms with E-state index in [1.54, 1.807) is 0 Å². The van der Waals surface area contributed by atoms with E-state index in [1.807, 2.05) is 23.1 Å². The maximum atomic E-state index is 12.6. The summed E-state index contributed by atoms with van der Waals surface area (Å²) in [4.78, 5) is 19.9. The summed E-state index contributed by atoms with van der Waals surface area (Å²) in [6, 6.07) is 11.7. The molecule has 31 heavy (non-hydrogen) atoms. The fraction of sp³-hybridized carbons (Fsp3) is 0.720. The molecule has 0 aromatic heterocycles. The lowest BCUT2D eigenvalue weighted by Gasteiger charge is -2.50. The lowest BCUT2D eigenvalue weighted by Crippen LogP contribution is -2.58. The molecule has 1 aromatic carbocycles. The Morgan fingerprint density at radius 3 is 2.48 bits per heavy atom. The number of hydrogen-bond acceptors (Lipinski definition) is 4. The van der Waals surface area contributed by atoms with Crippen LogP contribution in [0, 0.1) is 0 Å². The quantitative estimate of drug-likeness (QED) is 0.783. The lowest BCUT2D eigenvalue weighted by atomic mass is 9.81. The maximum absolute atomic E-state index is 12.6. The van der Waals surface area contributed by atoms with Crippen molar-refractivity contribution in [2.75, 3.05) is 52.4 Å². The van der Waals surface area contributed by atoms with Gasteiger partial charge >= 0.3 is 6.03 Å². The van der Waals surface area contributed by atoms with Gasteiger partial charge in [-0.1, -0.05) is 30.3 Å². The highest BCUT2D eigenvalue weighted by Crippen LogP contribution is 2.37. The summed E-state index contributed by atoms with van der Waals surface area (Å²) >= 11 is 0. The normalized spacial score (nSPS) is 25.1. The Morgan fingerprint density at radius 2 is 1.81 bits per heavy atom. The van der Waals surface area contributed by atoms with E-state index in [0.29, 0.717) is 18.6 Å². The fourth-order valence-electron chi connectivity index (χ4n) is 5.47. The van der Waals surface area contributed by atoms with Crippen LogP contribution in [0.2, 0.25) is 0 Å². The van der Waals surface area contributed by atoms with Gasteiger partial charge in [-0.15, -0.1) is 0 Å². The number of nitrogens with zero attached hydrogens (tertiary/aromatic N) is 3. The van der Waals surface area contributed by atoms with E-state index in [-0.39, 0.29) is 11.6 Å². The van der Waals surface area contributed by atoms with Crippen molar-refractivity contribution >= 4 is 6.03 Å². The third-order valence-electron chi connectivity index (χ3n) is 7.56. The van der Waals surface area contributed by atoms with E-state index in [9.17, 15) is 4.79 Å². The predicted molar refractivity (Wildman–Crippen MR) is 124 cm³/mol. The summed E-state index contributed by atoms with van der Waals surface area (Å²) in [7, 11) is 0. The van der Waals surface area contributed by atoms with Crippen molar-refractivity contribution in [3.8, 4) is 0 Å².